The summed E-state index contributed by atoms with van der Waals surface area (Å²) in [6.45, 7) is 4.15. The van der Waals surface area contributed by atoms with Gasteiger partial charge in [-0.1, -0.05) is 12.1 Å². The number of nitrogens with zero attached hydrogens (tertiary/aromatic N) is 1. The Morgan fingerprint density at radius 3 is 2.45 bits per heavy atom. The number of carboxylic acid groups (broad SMARTS) is 1. The van der Waals surface area contributed by atoms with Gasteiger partial charge < -0.3 is 14.7 Å². The summed E-state index contributed by atoms with van der Waals surface area (Å²) in [6.07, 6.45) is 1.37. The molecule has 1 aromatic carbocycles. The fraction of sp³-hybridized carbons (Fsp3) is 0.529. The van der Waals surface area contributed by atoms with Crippen LogP contribution >= 0.6 is 0 Å². The number of likely N-dealkylation sites (tertiary alicyclic amines) is 1. The zero-order valence-corrected chi connectivity index (χ0v) is 13.3. The van der Waals surface area contributed by atoms with Crippen molar-refractivity contribution in [2.24, 2.45) is 5.92 Å². The Labute approximate surface area is 130 Å². The third-order valence-corrected chi connectivity index (χ3v) is 4.50. The van der Waals surface area contributed by atoms with Crippen LogP contribution < -0.4 is 4.74 Å². The van der Waals surface area contributed by atoms with Crippen LogP contribution in [-0.2, 0) is 9.59 Å². The second-order valence-corrected chi connectivity index (χ2v) is 5.95. The van der Waals surface area contributed by atoms with Crippen LogP contribution in [0.25, 0.3) is 0 Å². The van der Waals surface area contributed by atoms with Crippen molar-refractivity contribution in [2.45, 2.75) is 38.6 Å². The molecule has 1 aliphatic rings. The summed E-state index contributed by atoms with van der Waals surface area (Å²) in [7, 11) is 1.60. The Morgan fingerprint density at radius 2 is 1.91 bits per heavy atom. The first-order chi connectivity index (χ1) is 10.4. The number of ether oxygens (including phenoxy) is 1. The number of hydrogen-bond acceptors (Lipinski definition) is 3. The Bertz CT molecular complexity index is 540. The second kappa shape index (κ2) is 6.81. The van der Waals surface area contributed by atoms with Crippen LogP contribution in [0.3, 0.4) is 0 Å². The lowest BCUT2D eigenvalue weighted by Crippen LogP contribution is -2.48. The van der Waals surface area contributed by atoms with E-state index in [1.165, 1.54) is 0 Å². The van der Waals surface area contributed by atoms with Crippen LogP contribution in [0.2, 0.25) is 0 Å². The van der Waals surface area contributed by atoms with Gasteiger partial charge in [0, 0.05) is 12.6 Å². The number of methoxy groups -OCH3 is 1. The largest absolute Gasteiger partial charge is 0.497 e. The van der Waals surface area contributed by atoms with Gasteiger partial charge in [-0.25, -0.2) is 0 Å². The highest BCUT2D eigenvalue weighted by Crippen LogP contribution is 2.27. The van der Waals surface area contributed by atoms with E-state index < -0.39 is 11.9 Å². The molecule has 22 heavy (non-hydrogen) atoms. The quantitative estimate of drug-likeness (QED) is 0.928. The molecule has 1 aromatic rings. The maximum Gasteiger partial charge on any atom is 0.308 e. The molecule has 1 saturated heterocycles. The minimum absolute atomic E-state index is 0.0105. The van der Waals surface area contributed by atoms with Crippen LogP contribution in [-0.4, -0.2) is 41.6 Å². The second-order valence-electron chi connectivity index (χ2n) is 5.95. The number of benzene rings is 1. The molecule has 0 bridgehead atoms. The number of amides is 1. The van der Waals surface area contributed by atoms with Crippen LogP contribution in [0, 0.1) is 5.92 Å². The molecule has 1 aliphatic heterocycles. The highest BCUT2D eigenvalue weighted by molar-refractivity contribution is 5.84. The van der Waals surface area contributed by atoms with E-state index in [4.69, 9.17) is 4.74 Å². The highest BCUT2D eigenvalue weighted by Gasteiger charge is 2.34. The first-order valence-corrected chi connectivity index (χ1v) is 7.61. The summed E-state index contributed by atoms with van der Waals surface area (Å²) >= 11 is 0. The summed E-state index contributed by atoms with van der Waals surface area (Å²) in [6, 6.07) is 7.51. The Kier molecular flexibility index (Phi) is 5.06. The predicted octanol–water partition coefficient (Wildman–Crippen LogP) is 2.51. The topological polar surface area (TPSA) is 66.8 Å². The maximum atomic E-state index is 12.7. The molecule has 5 heteroatoms. The lowest BCUT2D eigenvalue weighted by atomic mass is 9.91. The van der Waals surface area contributed by atoms with Gasteiger partial charge in [-0.05, 0) is 44.4 Å². The average molecular weight is 305 g/mol. The van der Waals surface area contributed by atoms with Crippen LogP contribution in [0.15, 0.2) is 24.3 Å². The number of carboxylic acids is 1. The molecule has 1 N–H and O–H groups in total. The van der Waals surface area contributed by atoms with Gasteiger partial charge in [0.25, 0.3) is 0 Å². The van der Waals surface area contributed by atoms with E-state index in [2.05, 4.69) is 0 Å². The van der Waals surface area contributed by atoms with Crippen molar-refractivity contribution in [3.05, 3.63) is 29.8 Å². The Morgan fingerprint density at radius 1 is 1.27 bits per heavy atom. The standard InChI is InChI=1S/C17H23NO4/c1-11-4-5-14(17(20)21)10-18(11)16(19)12(2)13-6-8-15(22-3)9-7-13/h6-9,11-12,14H,4-5,10H2,1-3H3,(H,20,21). The molecule has 3 unspecified atom stereocenters. The normalized spacial score (nSPS) is 23.0. The van der Waals surface area contributed by atoms with Crippen molar-refractivity contribution in [3.63, 3.8) is 0 Å². The monoisotopic (exact) mass is 305 g/mol. The first kappa shape index (κ1) is 16.3. The van der Waals surface area contributed by atoms with Crippen LogP contribution in [0.4, 0.5) is 0 Å². The SMILES string of the molecule is COc1ccc(C(C)C(=O)N2CC(C(=O)O)CCC2C)cc1. The average Bonchev–Trinajstić information content (AvgIpc) is 2.53. The molecule has 5 nitrogen and oxygen atoms in total. The lowest BCUT2D eigenvalue weighted by molar-refractivity contribution is -0.147. The molecule has 0 radical (unpaired) electrons. The Hall–Kier alpha value is -2.04. The smallest absolute Gasteiger partial charge is 0.308 e. The molecule has 1 amide bonds. The maximum absolute atomic E-state index is 12.7. The van der Waals surface area contributed by atoms with Crippen molar-refractivity contribution in [2.75, 3.05) is 13.7 Å². The van der Waals surface area contributed by atoms with Crippen molar-refractivity contribution in [1.82, 2.24) is 4.90 Å². The number of carbonyl (C=O) groups excluding carboxylic acids is 1. The third-order valence-electron chi connectivity index (χ3n) is 4.50. The zero-order valence-electron chi connectivity index (χ0n) is 13.3. The summed E-state index contributed by atoms with van der Waals surface area (Å²) in [5.41, 5.74) is 0.912. The molecular formula is C17H23NO4. The number of hydrogen-bond donors (Lipinski definition) is 1. The van der Waals surface area contributed by atoms with Crippen LogP contribution in [0.5, 0.6) is 5.75 Å². The van der Waals surface area contributed by atoms with Crippen molar-refractivity contribution < 1.29 is 19.4 Å². The molecule has 3 atom stereocenters. The molecule has 1 fully saturated rings. The van der Waals surface area contributed by atoms with Gasteiger partial charge in [-0.3, -0.25) is 9.59 Å². The van der Waals surface area contributed by atoms with E-state index in [-0.39, 0.29) is 17.9 Å². The van der Waals surface area contributed by atoms with Gasteiger partial charge in [-0.15, -0.1) is 0 Å². The van der Waals surface area contributed by atoms with Gasteiger partial charge in [-0.2, -0.15) is 0 Å². The first-order valence-electron chi connectivity index (χ1n) is 7.61. The van der Waals surface area contributed by atoms with E-state index >= 15 is 0 Å². The Balaban J connectivity index is 2.12. The highest BCUT2D eigenvalue weighted by atomic mass is 16.5. The van der Waals surface area contributed by atoms with Gasteiger partial charge in [0.2, 0.25) is 5.91 Å². The summed E-state index contributed by atoms with van der Waals surface area (Å²) in [4.78, 5) is 25.6. The minimum Gasteiger partial charge on any atom is -0.497 e. The van der Waals surface area contributed by atoms with Gasteiger partial charge in [0.15, 0.2) is 0 Å². The lowest BCUT2D eigenvalue weighted by Gasteiger charge is -2.38. The molecule has 1 heterocycles. The fourth-order valence-electron chi connectivity index (χ4n) is 2.90. The number of piperidine rings is 1. The van der Waals surface area contributed by atoms with Crippen molar-refractivity contribution >= 4 is 11.9 Å². The molecule has 0 spiro atoms. The zero-order chi connectivity index (χ0) is 16.3. The minimum atomic E-state index is -0.818. The van der Waals surface area contributed by atoms with Crippen LogP contribution in [0.1, 0.15) is 38.2 Å². The summed E-state index contributed by atoms with van der Waals surface area (Å²) in [5.74, 6) is -0.824. The van der Waals surface area contributed by atoms with Crippen molar-refractivity contribution in [1.29, 1.82) is 0 Å². The van der Waals surface area contributed by atoms with E-state index in [1.807, 2.05) is 38.1 Å². The molecule has 0 aliphatic carbocycles. The molecule has 0 aromatic heterocycles. The molecule has 2 rings (SSSR count). The summed E-state index contributed by atoms with van der Waals surface area (Å²) < 4.78 is 5.12. The van der Waals surface area contributed by atoms with E-state index in [0.29, 0.717) is 13.0 Å². The number of carbonyl (C=O) groups is 2. The van der Waals surface area contributed by atoms with Gasteiger partial charge in [0.05, 0.1) is 18.9 Å². The third kappa shape index (κ3) is 3.40. The predicted molar refractivity (Wildman–Crippen MR) is 82.9 cm³/mol. The number of rotatable bonds is 4. The number of aliphatic carboxylic acids is 1. The van der Waals surface area contributed by atoms with Gasteiger partial charge >= 0.3 is 5.97 Å². The summed E-state index contributed by atoms with van der Waals surface area (Å²) in [5, 5.41) is 9.19. The molecular weight excluding hydrogens is 282 g/mol. The molecule has 0 saturated carbocycles. The molecule has 120 valence electrons. The van der Waals surface area contributed by atoms with E-state index in [0.717, 1.165) is 17.7 Å². The van der Waals surface area contributed by atoms with Crippen molar-refractivity contribution in [3.8, 4) is 5.75 Å². The van der Waals surface area contributed by atoms with E-state index in [1.54, 1.807) is 12.0 Å². The van der Waals surface area contributed by atoms with Gasteiger partial charge in [0.1, 0.15) is 5.75 Å². The van der Waals surface area contributed by atoms with E-state index in [9.17, 15) is 14.7 Å². The fourth-order valence-corrected chi connectivity index (χ4v) is 2.90.